The minimum atomic E-state index is -0.315. The number of rotatable bonds is 1. The molecule has 1 aliphatic carbocycles. The van der Waals surface area contributed by atoms with Gasteiger partial charge in [-0.1, -0.05) is 15.9 Å². The van der Waals surface area contributed by atoms with Gasteiger partial charge in [0, 0.05) is 4.83 Å². The Morgan fingerprint density at radius 2 is 2.42 bits per heavy atom. The second-order valence-electron chi connectivity index (χ2n) is 3.28. The molecule has 1 amide bonds. The van der Waals surface area contributed by atoms with Gasteiger partial charge in [-0.15, -0.1) is 0 Å². The second kappa shape index (κ2) is 2.93. The summed E-state index contributed by atoms with van der Waals surface area (Å²) >= 11 is 3.48. The number of fused-ring (bicyclic) bond motifs is 2. The molecule has 2 bridgehead atoms. The molecule has 1 heterocycles. The third-order valence-electron chi connectivity index (χ3n) is 2.69. The van der Waals surface area contributed by atoms with E-state index >= 15 is 0 Å². The smallest absolute Gasteiger partial charge is 0.230 e. The van der Waals surface area contributed by atoms with E-state index in [0.29, 0.717) is 15.2 Å². The molecular weight excluding hydrogens is 241 g/mol. The predicted octanol–water partition coefficient (Wildman–Crippen LogP) is 0.565. The van der Waals surface area contributed by atoms with Crippen LogP contribution >= 0.6 is 24.7 Å². The third kappa shape index (κ3) is 0.980. The molecule has 12 heavy (non-hydrogen) atoms. The number of carbonyl (C=O) groups excluding carboxylic acids is 1. The van der Waals surface area contributed by atoms with Gasteiger partial charge in [-0.2, -0.15) is 0 Å². The quantitative estimate of drug-likeness (QED) is 0.547. The molecule has 3 nitrogen and oxygen atoms in total. The normalized spacial score (nSPS) is 46.9. The van der Waals surface area contributed by atoms with Crippen molar-refractivity contribution >= 4 is 30.6 Å². The number of piperidine rings is 1. The Balaban J connectivity index is 2.27. The van der Waals surface area contributed by atoms with Gasteiger partial charge in [0.2, 0.25) is 5.91 Å². The summed E-state index contributed by atoms with van der Waals surface area (Å²) < 4.78 is 1.80. The minimum absolute atomic E-state index is 0.0254. The fraction of sp³-hybridized carbons (Fsp3) is 0.857. The Hall–Kier alpha value is 0.340. The van der Waals surface area contributed by atoms with Crippen molar-refractivity contribution < 1.29 is 9.90 Å². The maximum Gasteiger partial charge on any atom is 0.230 e. The van der Waals surface area contributed by atoms with Crippen molar-refractivity contribution in [3.8, 4) is 0 Å². The van der Waals surface area contributed by atoms with Crippen molar-refractivity contribution in [2.24, 2.45) is 5.92 Å². The molecule has 0 aromatic heterocycles. The van der Waals surface area contributed by atoms with Crippen LogP contribution in [0, 0.1) is 5.92 Å². The second-order valence-corrected chi connectivity index (χ2v) is 5.26. The first kappa shape index (κ1) is 8.92. The number of halogens is 1. The molecule has 1 saturated carbocycles. The highest BCUT2D eigenvalue weighted by Crippen LogP contribution is 2.47. The van der Waals surface area contributed by atoms with Crippen LogP contribution in [0.25, 0.3) is 0 Å². The lowest BCUT2D eigenvalue weighted by Gasteiger charge is -2.29. The Kier molecular flexibility index (Phi) is 2.18. The minimum Gasteiger partial charge on any atom is -0.391 e. The Morgan fingerprint density at radius 1 is 1.75 bits per heavy atom. The molecular formula is C7H11BrNO2P. The van der Waals surface area contributed by atoms with E-state index in [9.17, 15) is 9.90 Å². The largest absolute Gasteiger partial charge is 0.391 e. The molecule has 0 aromatic carbocycles. The fourth-order valence-electron chi connectivity index (χ4n) is 2.12. The summed E-state index contributed by atoms with van der Waals surface area (Å²) in [6, 6.07) is 0.0332. The van der Waals surface area contributed by atoms with Gasteiger partial charge in [-0.25, -0.2) is 0 Å². The average Bonchev–Trinajstić information content (AvgIpc) is 2.42. The molecule has 1 N–H and O–H groups in total. The van der Waals surface area contributed by atoms with Crippen molar-refractivity contribution in [1.29, 1.82) is 0 Å². The highest BCUT2D eigenvalue weighted by atomic mass is 79.9. The van der Waals surface area contributed by atoms with E-state index < -0.39 is 0 Å². The fourth-order valence-corrected chi connectivity index (χ4v) is 4.38. The topological polar surface area (TPSA) is 40.5 Å². The number of alkyl halides is 1. The standard InChI is InChI=1S/C7H11BrNO2P/c1-12-9-6-4(10)2-3(5(6)8)7(9)11/h3-6,10,12H,2H2,1H3. The van der Waals surface area contributed by atoms with E-state index in [0.717, 1.165) is 0 Å². The van der Waals surface area contributed by atoms with E-state index in [-0.39, 0.29) is 28.8 Å². The van der Waals surface area contributed by atoms with Gasteiger partial charge in [0.05, 0.1) is 18.1 Å². The summed E-state index contributed by atoms with van der Waals surface area (Å²) in [5.74, 6) is 0.241. The molecule has 5 heteroatoms. The number of hydrogen-bond acceptors (Lipinski definition) is 2. The number of hydrogen-bond donors (Lipinski definition) is 1. The Bertz CT molecular complexity index is 225. The van der Waals surface area contributed by atoms with Crippen LogP contribution in [-0.2, 0) is 4.79 Å². The molecule has 1 saturated heterocycles. The van der Waals surface area contributed by atoms with Crippen LogP contribution < -0.4 is 0 Å². The van der Waals surface area contributed by atoms with Gasteiger partial charge in [0.1, 0.15) is 0 Å². The lowest BCUT2D eigenvalue weighted by Crippen LogP contribution is -2.40. The van der Waals surface area contributed by atoms with Crippen LogP contribution in [0.3, 0.4) is 0 Å². The zero-order chi connectivity index (χ0) is 8.88. The summed E-state index contributed by atoms with van der Waals surface area (Å²) in [6.45, 7) is 1.98. The number of aliphatic hydroxyl groups is 1. The van der Waals surface area contributed by atoms with Crippen LogP contribution in [0.15, 0.2) is 0 Å². The number of nitrogens with zero attached hydrogens (tertiary/aromatic N) is 1. The van der Waals surface area contributed by atoms with E-state index in [1.54, 1.807) is 4.67 Å². The van der Waals surface area contributed by atoms with Gasteiger partial charge in [0.15, 0.2) is 0 Å². The van der Waals surface area contributed by atoms with Crippen molar-refractivity contribution in [1.82, 2.24) is 4.67 Å². The molecule has 5 unspecified atom stereocenters. The third-order valence-corrected chi connectivity index (χ3v) is 4.87. The lowest BCUT2D eigenvalue weighted by molar-refractivity contribution is -0.131. The average molecular weight is 252 g/mol. The number of amides is 1. The van der Waals surface area contributed by atoms with Crippen LogP contribution in [0.4, 0.5) is 0 Å². The molecule has 68 valence electrons. The first-order valence-corrected chi connectivity index (χ1v) is 6.35. The molecule has 5 atom stereocenters. The van der Waals surface area contributed by atoms with Crippen LogP contribution in [0.5, 0.6) is 0 Å². The Morgan fingerprint density at radius 3 is 2.83 bits per heavy atom. The van der Waals surface area contributed by atoms with E-state index in [4.69, 9.17) is 0 Å². The summed E-state index contributed by atoms with van der Waals surface area (Å²) in [5, 5.41) is 9.59. The Labute approximate surface area is 81.5 Å². The van der Waals surface area contributed by atoms with Gasteiger partial charge in [-0.3, -0.25) is 4.79 Å². The van der Waals surface area contributed by atoms with Gasteiger partial charge in [-0.05, 0) is 21.8 Å². The van der Waals surface area contributed by atoms with Crippen LogP contribution in [0.2, 0.25) is 0 Å². The van der Waals surface area contributed by atoms with Crippen molar-refractivity contribution in [2.75, 3.05) is 6.66 Å². The highest BCUT2D eigenvalue weighted by Gasteiger charge is 2.55. The molecule has 1 aliphatic heterocycles. The van der Waals surface area contributed by atoms with Crippen molar-refractivity contribution in [3.05, 3.63) is 0 Å². The number of aliphatic hydroxyl groups excluding tert-OH is 1. The van der Waals surface area contributed by atoms with Crippen LogP contribution in [-0.4, -0.2) is 39.3 Å². The molecule has 2 fully saturated rings. The molecule has 2 rings (SSSR count). The summed E-state index contributed by atoms with van der Waals surface area (Å²) in [4.78, 5) is 11.7. The SMILES string of the molecule is CPN1C(=O)C2CC(O)C1C2Br. The first-order chi connectivity index (χ1) is 5.66. The zero-order valence-electron chi connectivity index (χ0n) is 6.70. The molecule has 0 radical (unpaired) electrons. The van der Waals surface area contributed by atoms with Crippen molar-refractivity contribution in [2.45, 2.75) is 23.4 Å². The van der Waals surface area contributed by atoms with E-state index in [1.165, 1.54) is 0 Å². The van der Waals surface area contributed by atoms with E-state index in [2.05, 4.69) is 15.9 Å². The van der Waals surface area contributed by atoms with Crippen LogP contribution in [0.1, 0.15) is 6.42 Å². The predicted molar refractivity (Wildman–Crippen MR) is 51.7 cm³/mol. The van der Waals surface area contributed by atoms with Gasteiger partial charge < -0.3 is 9.78 Å². The zero-order valence-corrected chi connectivity index (χ0v) is 9.28. The molecule has 0 spiro atoms. The summed E-state index contributed by atoms with van der Waals surface area (Å²) in [6.07, 6.45) is 0.324. The molecule has 0 aromatic rings. The van der Waals surface area contributed by atoms with Gasteiger partial charge >= 0.3 is 0 Å². The number of carbonyl (C=O) groups is 1. The highest BCUT2D eigenvalue weighted by molar-refractivity contribution is 9.09. The van der Waals surface area contributed by atoms with Gasteiger partial charge in [0.25, 0.3) is 0 Å². The summed E-state index contributed by atoms with van der Waals surface area (Å²) in [5.41, 5.74) is 0. The first-order valence-electron chi connectivity index (χ1n) is 3.99. The summed E-state index contributed by atoms with van der Waals surface area (Å²) in [7, 11) is 0.475. The lowest BCUT2D eigenvalue weighted by atomic mass is 10.1. The monoisotopic (exact) mass is 251 g/mol. The maximum absolute atomic E-state index is 11.5. The van der Waals surface area contributed by atoms with E-state index in [1.807, 2.05) is 6.66 Å². The molecule has 2 aliphatic rings. The van der Waals surface area contributed by atoms with Crippen molar-refractivity contribution in [3.63, 3.8) is 0 Å². The maximum atomic E-state index is 11.5.